The van der Waals surface area contributed by atoms with Gasteiger partial charge in [0.05, 0.1) is 5.69 Å². The molecule has 0 saturated carbocycles. The second kappa shape index (κ2) is 6.49. The lowest BCUT2D eigenvalue weighted by Gasteiger charge is -2.17. The third-order valence-corrected chi connectivity index (χ3v) is 3.41. The van der Waals surface area contributed by atoms with Gasteiger partial charge in [-0.3, -0.25) is 5.43 Å². The molecule has 2 aromatic rings. The lowest BCUT2D eigenvalue weighted by atomic mass is 10.0. The molecule has 0 aliphatic heterocycles. The zero-order valence-corrected chi connectivity index (χ0v) is 12.9. The predicted octanol–water partition coefficient (Wildman–Crippen LogP) is 1.61. The van der Waals surface area contributed by atoms with E-state index in [-0.39, 0.29) is 11.6 Å². The molecule has 0 unspecified atom stereocenters. The smallest absolute Gasteiger partial charge is 0.290 e. The van der Waals surface area contributed by atoms with Crippen LogP contribution in [0.3, 0.4) is 0 Å². The monoisotopic (exact) mass is 287 g/mol. The Morgan fingerprint density at radius 3 is 2.24 bits per heavy atom. The summed E-state index contributed by atoms with van der Waals surface area (Å²) in [5.74, 6) is 0.895. The van der Waals surface area contributed by atoms with Gasteiger partial charge in [0.2, 0.25) is 5.95 Å². The van der Waals surface area contributed by atoms with Crippen molar-refractivity contribution >= 4 is 5.95 Å². The third-order valence-electron chi connectivity index (χ3n) is 3.41. The molecule has 0 bridgehead atoms. The Labute approximate surface area is 124 Å². The summed E-state index contributed by atoms with van der Waals surface area (Å²) in [5.41, 5.74) is 8.30. The Balaban J connectivity index is 2.70. The molecule has 0 radical (unpaired) electrons. The minimum Gasteiger partial charge on any atom is -0.290 e. The molecular formula is C15H21N5O. The van der Waals surface area contributed by atoms with E-state index in [4.69, 9.17) is 0 Å². The molecule has 1 aromatic heterocycles. The fraction of sp³-hybridized carbons (Fsp3) is 0.400. The molecular weight excluding hydrogens is 266 g/mol. The lowest BCUT2D eigenvalue weighted by molar-refractivity contribution is 0.781. The van der Waals surface area contributed by atoms with E-state index in [1.807, 2.05) is 25.1 Å². The molecule has 1 aromatic carbocycles. The fourth-order valence-electron chi connectivity index (χ4n) is 2.43. The zero-order valence-electron chi connectivity index (χ0n) is 12.9. The van der Waals surface area contributed by atoms with Crippen molar-refractivity contribution < 1.29 is 0 Å². The molecule has 0 aliphatic rings. The summed E-state index contributed by atoms with van der Waals surface area (Å²) in [6, 6.07) is 6.11. The summed E-state index contributed by atoms with van der Waals surface area (Å²) in [4.78, 5) is 20.7. The highest BCUT2D eigenvalue weighted by Gasteiger charge is 2.14. The van der Waals surface area contributed by atoms with E-state index in [1.54, 1.807) is 11.6 Å². The molecule has 21 heavy (non-hydrogen) atoms. The first-order valence-corrected chi connectivity index (χ1v) is 7.13. The van der Waals surface area contributed by atoms with Gasteiger partial charge in [-0.25, -0.2) is 14.8 Å². The van der Waals surface area contributed by atoms with Crippen LogP contribution in [0, 0.1) is 6.92 Å². The fourth-order valence-corrected chi connectivity index (χ4v) is 2.43. The maximum atomic E-state index is 12.4. The molecule has 0 aliphatic carbocycles. The zero-order chi connectivity index (χ0) is 15.4. The highest BCUT2D eigenvalue weighted by Crippen LogP contribution is 2.21. The number of anilines is 1. The summed E-state index contributed by atoms with van der Waals surface area (Å²) in [6.45, 7) is 5.97. The van der Waals surface area contributed by atoms with Crippen LogP contribution in [0.4, 0.5) is 5.95 Å². The van der Waals surface area contributed by atoms with Gasteiger partial charge in [-0.05, 0) is 30.9 Å². The van der Waals surface area contributed by atoms with Crippen LogP contribution in [-0.2, 0) is 12.8 Å². The average molecular weight is 287 g/mol. The number of hydrogen-bond acceptors (Lipinski definition) is 5. The number of aromatic nitrogens is 3. The van der Waals surface area contributed by atoms with Crippen molar-refractivity contribution in [2.45, 2.75) is 33.6 Å². The van der Waals surface area contributed by atoms with Crippen LogP contribution in [-0.4, -0.2) is 21.6 Å². The highest BCUT2D eigenvalue weighted by atomic mass is 16.1. The molecule has 2 N–H and O–H groups in total. The quantitative estimate of drug-likeness (QED) is 0.817. The number of aryl methyl sites for hydroxylation is 3. The maximum Gasteiger partial charge on any atom is 0.356 e. The van der Waals surface area contributed by atoms with E-state index in [9.17, 15) is 4.79 Å². The van der Waals surface area contributed by atoms with Crippen LogP contribution in [0.2, 0.25) is 0 Å². The summed E-state index contributed by atoms with van der Waals surface area (Å²) in [5, 5.41) is 0. The third kappa shape index (κ3) is 2.95. The number of para-hydroxylation sites is 1. The van der Waals surface area contributed by atoms with Gasteiger partial charge in [0.25, 0.3) is 0 Å². The Hall–Kier alpha value is -2.21. The standard InChI is InChI=1S/C15H21N5O/c1-5-11-8-7-9-12(6-2)13(11)20-10(3)17-14(19-16-4)18-15(20)21/h7-9,16H,5-6H2,1-4H3,(H,18,19,21). The number of hydrogen-bond donors (Lipinski definition) is 2. The Morgan fingerprint density at radius 2 is 1.76 bits per heavy atom. The van der Waals surface area contributed by atoms with Crippen molar-refractivity contribution in [1.82, 2.24) is 20.0 Å². The van der Waals surface area contributed by atoms with Crippen molar-refractivity contribution in [3.8, 4) is 5.69 Å². The van der Waals surface area contributed by atoms with Gasteiger partial charge in [-0.15, -0.1) is 0 Å². The second-order valence-corrected chi connectivity index (χ2v) is 4.72. The summed E-state index contributed by atoms with van der Waals surface area (Å²) in [6.07, 6.45) is 1.71. The Morgan fingerprint density at radius 1 is 1.14 bits per heavy atom. The van der Waals surface area contributed by atoms with E-state index < -0.39 is 0 Å². The van der Waals surface area contributed by atoms with Crippen molar-refractivity contribution in [1.29, 1.82) is 0 Å². The molecule has 0 fully saturated rings. The van der Waals surface area contributed by atoms with Gasteiger partial charge in [-0.1, -0.05) is 32.0 Å². The van der Waals surface area contributed by atoms with Crippen LogP contribution < -0.4 is 16.5 Å². The van der Waals surface area contributed by atoms with Crippen LogP contribution >= 0.6 is 0 Å². The average Bonchev–Trinajstić information content (AvgIpc) is 2.47. The van der Waals surface area contributed by atoms with Gasteiger partial charge in [0.1, 0.15) is 5.82 Å². The van der Waals surface area contributed by atoms with E-state index in [0.29, 0.717) is 5.82 Å². The molecule has 0 atom stereocenters. The number of hydrazine groups is 1. The second-order valence-electron chi connectivity index (χ2n) is 4.72. The van der Waals surface area contributed by atoms with Crippen molar-refractivity contribution in [3.05, 3.63) is 45.6 Å². The normalized spacial score (nSPS) is 10.7. The summed E-state index contributed by atoms with van der Waals surface area (Å²) >= 11 is 0. The van der Waals surface area contributed by atoms with E-state index >= 15 is 0 Å². The predicted molar refractivity (Wildman–Crippen MR) is 83.8 cm³/mol. The Bertz CT molecular complexity index is 671. The molecule has 0 amide bonds. The molecule has 2 rings (SSSR count). The van der Waals surface area contributed by atoms with Crippen molar-refractivity contribution in [3.63, 3.8) is 0 Å². The molecule has 112 valence electrons. The maximum absolute atomic E-state index is 12.4. The van der Waals surface area contributed by atoms with Gasteiger partial charge in [-0.2, -0.15) is 9.97 Å². The Kier molecular flexibility index (Phi) is 4.70. The van der Waals surface area contributed by atoms with E-state index in [1.165, 1.54) is 0 Å². The van der Waals surface area contributed by atoms with E-state index in [0.717, 1.165) is 29.7 Å². The van der Waals surface area contributed by atoms with Gasteiger partial charge in [0.15, 0.2) is 0 Å². The number of benzene rings is 1. The van der Waals surface area contributed by atoms with Gasteiger partial charge >= 0.3 is 5.69 Å². The molecule has 0 saturated heterocycles. The number of nitrogens with zero attached hydrogens (tertiary/aromatic N) is 3. The highest BCUT2D eigenvalue weighted by molar-refractivity contribution is 5.49. The SMILES string of the molecule is CCc1cccc(CC)c1-n1c(C)nc(NNC)nc1=O. The minimum atomic E-state index is -0.323. The van der Waals surface area contributed by atoms with Crippen LogP contribution in [0.25, 0.3) is 5.69 Å². The van der Waals surface area contributed by atoms with Crippen LogP contribution in [0.15, 0.2) is 23.0 Å². The number of rotatable bonds is 5. The number of nitrogens with one attached hydrogen (secondary N) is 2. The first kappa shape index (κ1) is 15.2. The van der Waals surface area contributed by atoms with Crippen LogP contribution in [0.1, 0.15) is 30.8 Å². The van der Waals surface area contributed by atoms with Crippen LogP contribution in [0.5, 0.6) is 0 Å². The van der Waals surface area contributed by atoms with Gasteiger partial charge < -0.3 is 0 Å². The molecule has 6 nitrogen and oxygen atoms in total. The topological polar surface area (TPSA) is 71.8 Å². The van der Waals surface area contributed by atoms with Gasteiger partial charge in [0, 0.05) is 7.05 Å². The summed E-state index contributed by atoms with van der Waals surface area (Å²) in [7, 11) is 1.70. The molecule has 0 spiro atoms. The first-order valence-electron chi connectivity index (χ1n) is 7.13. The minimum absolute atomic E-state index is 0.281. The largest absolute Gasteiger partial charge is 0.356 e. The molecule has 6 heteroatoms. The van der Waals surface area contributed by atoms with Crippen molar-refractivity contribution in [2.24, 2.45) is 0 Å². The first-order chi connectivity index (χ1) is 10.1. The molecule has 1 heterocycles. The van der Waals surface area contributed by atoms with Crippen molar-refractivity contribution in [2.75, 3.05) is 12.5 Å². The summed E-state index contributed by atoms with van der Waals surface area (Å²) < 4.78 is 1.60. The van der Waals surface area contributed by atoms with E-state index in [2.05, 4.69) is 34.7 Å². The lowest BCUT2D eigenvalue weighted by Crippen LogP contribution is -2.30.